The van der Waals surface area contributed by atoms with E-state index in [2.05, 4.69) is 15.5 Å². The lowest BCUT2D eigenvalue weighted by atomic mass is 10.0. The van der Waals surface area contributed by atoms with Gasteiger partial charge < -0.3 is 4.74 Å². The molecular weight excluding hydrogens is 444 g/mol. The number of pyridine rings is 1. The number of carbonyl (C=O) groups excluding carboxylic acids is 1. The van der Waals surface area contributed by atoms with Gasteiger partial charge in [0.05, 0.1) is 16.7 Å². The fourth-order valence-electron chi connectivity index (χ4n) is 3.18. The van der Waals surface area contributed by atoms with Gasteiger partial charge in [0.25, 0.3) is 11.6 Å². The van der Waals surface area contributed by atoms with Crippen molar-refractivity contribution in [2.45, 2.75) is 6.61 Å². The van der Waals surface area contributed by atoms with Crippen molar-refractivity contribution in [3.05, 3.63) is 111 Å². The quantitative estimate of drug-likeness (QED) is 0.178. The van der Waals surface area contributed by atoms with Crippen LogP contribution in [0.15, 0.2) is 84.1 Å². The molecule has 4 rings (SSSR count). The molecule has 33 heavy (non-hydrogen) atoms. The topological polar surface area (TPSA) is 107 Å². The van der Waals surface area contributed by atoms with E-state index in [1.807, 2.05) is 36.4 Å². The maximum Gasteiger partial charge on any atom is 0.274 e. The Balaban J connectivity index is 1.57. The highest BCUT2D eigenvalue weighted by molar-refractivity contribution is 6.32. The lowest BCUT2D eigenvalue weighted by Gasteiger charge is -2.12. The molecule has 0 aliphatic carbocycles. The minimum absolute atomic E-state index is 0.0155. The Kier molecular flexibility index (Phi) is 6.56. The van der Waals surface area contributed by atoms with Crippen molar-refractivity contribution in [1.29, 1.82) is 0 Å². The van der Waals surface area contributed by atoms with Crippen molar-refractivity contribution in [2.24, 2.45) is 5.10 Å². The Labute approximate surface area is 193 Å². The highest BCUT2D eigenvalue weighted by Gasteiger charge is 2.11. The Hall–Kier alpha value is -4.30. The summed E-state index contributed by atoms with van der Waals surface area (Å²) in [5, 5.41) is 16.9. The standard InChI is InChI=1S/C24H17ClN4O4/c25-23-20(6-3-13-26-23)24(30)28-27-14-21-19-5-2-1-4-17(19)9-12-22(21)33-15-16-7-10-18(11-8-16)29(31)32/h1-14H,15H2,(H,28,30). The molecule has 164 valence electrons. The summed E-state index contributed by atoms with van der Waals surface area (Å²) in [6, 6.07) is 20.8. The van der Waals surface area contributed by atoms with Gasteiger partial charge >= 0.3 is 0 Å². The van der Waals surface area contributed by atoms with E-state index in [9.17, 15) is 14.9 Å². The molecule has 0 aliphatic rings. The first kappa shape index (κ1) is 21.9. The molecular formula is C24H17ClN4O4. The number of rotatable bonds is 7. The number of carbonyl (C=O) groups is 1. The molecule has 1 amide bonds. The normalized spacial score (nSPS) is 10.9. The number of fused-ring (bicyclic) bond motifs is 1. The van der Waals surface area contributed by atoms with Crippen LogP contribution in [-0.2, 0) is 6.61 Å². The second-order valence-electron chi connectivity index (χ2n) is 6.95. The van der Waals surface area contributed by atoms with Crippen LogP contribution in [0.4, 0.5) is 5.69 Å². The molecule has 1 heterocycles. The summed E-state index contributed by atoms with van der Waals surface area (Å²) in [7, 11) is 0. The van der Waals surface area contributed by atoms with Crippen LogP contribution in [-0.4, -0.2) is 22.0 Å². The number of nitrogens with one attached hydrogen (secondary N) is 1. The summed E-state index contributed by atoms with van der Waals surface area (Å²) < 4.78 is 5.99. The molecule has 8 nitrogen and oxygen atoms in total. The first-order valence-electron chi connectivity index (χ1n) is 9.85. The van der Waals surface area contributed by atoms with Gasteiger partial charge in [0.2, 0.25) is 0 Å². The molecule has 0 radical (unpaired) electrons. The predicted molar refractivity (Wildman–Crippen MR) is 126 cm³/mol. The van der Waals surface area contributed by atoms with Crippen LogP contribution in [0.25, 0.3) is 10.8 Å². The molecule has 0 atom stereocenters. The fourth-order valence-corrected chi connectivity index (χ4v) is 3.39. The average Bonchev–Trinajstić information content (AvgIpc) is 2.83. The zero-order chi connectivity index (χ0) is 23.2. The number of nitrogens with zero attached hydrogens (tertiary/aromatic N) is 3. The summed E-state index contributed by atoms with van der Waals surface area (Å²) in [5.74, 6) is 0.0578. The van der Waals surface area contributed by atoms with Crippen LogP contribution >= 0.6 is 11.6 Å². The molecule has 0 saturated heterocycles. The van der Waals surface area contributed by atoms with Crippen LogP contribution in [0.3, 0.4) is 0 Å². The lowest BCUT2D eigenvalue weighted by Crippen LogP contribution is -2.18. The van der Waals surface area contributed by atoms with Crippen LogP contribution in [0.2, 0.25) is 5.15 Å². The summed E-state index contributed by atoms with van der Waals surface area (Å²) >= 11 is 5.96. The van der Waals surface area contributed by atoms with Gasteiger partial charge in [-0.2, -0.15) is 5.10 Å². The van der Waals surface area contributed by atoms with E-state index < -0.39 is 10.8 Å². The molecule has 0 unspecified atom stereocenters. The Morgan fingerprint density at radius 2 is 1.88 bits per heavy atom. The van der Waals surface area contributed by atoms with E-state index >= 15 is 0 Å². The van der Waals surface area contributed by atoms with Gasteiger partial charge in [-0.3, -0.25) is 14.9 Å². The number of hydrazone groups is 1. The summed E-state index contributed by atoms with van der Waals surface area (Å²) in [4.78, 5) is 26.6. The van der Waals surface area contributed by atoms with E-state index in [4.69, 9.17) is 16.3 Å². The minimum atomic E-state index is -0.488. The second-order valence-corrected chi connectivity index (χ2v) is 7.31. The number of non-ortho nitro benzene ring substituents is 1. The van der Waals surface area contributed by atoms with Gasteiger partial charge in [0.15, 0.2) is 0 Å². The molecule has 0 saturated carbocycles. The van der Waals surface area contributed by atoms with E-state index in [0.29, 0.717) is 11.3 Å². The zero-order valence-corrected chi connectivity index (χ0v) is 17.9. The van der Waals surface area contributed by atoms with Crippen molar-refractivity contribution in [3.8, 4) is 5.75 Å². The highest BCUT2D eigenvalue weighted by atomic mass is 35.5. The van der Waals surface area contributed by atoms with Gasteiger partial charge in [0.1, 0.15) is 17.5 Å². The highest BCUT2D eigenvalue weighted by Crippen LogP contribution is 2.27. The number of nitro groups is 1. The number of hydrogen-bond acceptors (Lipinski definition) is 6. The van der Waals surface area contributed by atoms with Crippen LogP contribution in [0.1, 0.15) is 21.5 Å². The van der Waals surface area contributed by atoms with Gasteiger partial charge in [-0.05, 0) is 46.7 Å². The number of hydrogen-bond donors (Lipinski definition) is 1. The maximum atomic E-state index is 12.4. The van der Waals surface area contributed by atoms with Crippen LogP contribution < -0.4 is 10.2 Å². The Morgan fingerprint density at radius 1 is 1.09 bits per heavy atom. The van der Waals surface area contributed by atoms with E-state index in [0.717, 1.165) is 16.3 Å². The van der Waals surface area contributed by atoms with Crippen molar-refractivity contribution < 1.29 is 14.5 Å². The average molecular weight is 461 g/mol. The number of nitro benzene ring substituents is 1. The molecule has 0 aliphatic heterocycles. The Morgan fingerprint density at radius 3 is 2.64 bits per heavy atom. The summed E-state index contributed by atoms with van der Waals surface area (Å²) in [5.41, 5.74) is 4.13. The van der Waals surface area contributed by atoms with Crippen molar-refractivity contribution >= 4 is 40.2 Å². The van der Waals surface area contributed by atoms with E-state index in [1.54, 1.807) is 24.3 Å². The smallest absolute Gasteiger partial charge is 0.274 e. The zero-order valence-electron chi connectivity index (χ0n) is 17.1. The molecule has 0 spiro atoms. The fraction of sp³-hybridized carbons (Fsp3) is 0.0417. The maximum absolute atomic E-state index is 12.4. The van der Waals surface area contributed by atoms with Gasteiger partial charge in [0, 0.05) is 23.9 Å². The molecule has 1 N–H and O–H groups in total. The third-order valence-corrected chi connectivity index (χ3v) is 5.14. The van der Waals surface area contributed by atoms with Crippen molar-refractivity contribution in [3.63, 3.8) is 0 Å². The molecule has 4 aromatic rings. The van der Waals surface area contributed by atoms with Gasteiger partial charge in [-0.15, -0.1) is 0 Å². The molecule has 1 aromatic heterocycles. The summed E-state index contributed by atoms with van der Waals surface area (Å²) in [6.07, 6.45) is 3.00. The number of aromatic nitrogens is 1. The molecule has 0 bridgehead atoms. The van der Waals surface area contributed by atoms with Crippen molar-refractivity contribution in [2.75, 3.05) is 0 Å². The predicted octanol–water partition coefficient (Wildman–Crippen LogP) is 5.14. The monoisotopic (exact) mass is 460 g/mol. The number of ether oxygens (including phenoxy) is 1. The first-order valence-corrected chi connectivity index (χ1v) is 10.2. The van der Waals surface area contributed by atoms with Crippen molar-refractivity contribution in [1.82, 2.24) is 10.4 Å². The lowest BCUT2D eigenvalue weighted by molar-refractivity contribution is -0.384. The third kappa shape index (κ3) is 5.13. The Bertz CT molecular complexity index is 1360. The number of benzene rings is 3. The van der Waals surface area contributed by atoms with Crippen LogP contribution in [0.5, 0.6) is 5.75 Å². The van der Waals surface area contributed by atoms with E-state index in [-0.39, 0.29) is 23.0 Å². The second kappa shape index (κ2) is 9.88. The largest absolute Gasteiger partial charge is 0.488 e. The van der Waals surface area contributed by atoms with E-state index in [1.165, 1.54) is 24.5 Å². The first-order chi connectivity index (χ1) is 16.0. The minimum Gasteiger partial charge on any atom is -0.488 e. The van der Waals surface area contributed by atoms with Gasteiger partial charge in [-0.1, -0.05) is 41.9 Å². The third-order valence-electron chi connectivity index (χ3n) is 4.84. The molecule has 9 heteroatoms. The SMILES string of the molecule is O=C(NN=Cc1c(OCc2ccc([N+](=O)[O-])cc2)ccc2ccccc12)c1cccnc1Cl. The summed E-state index contributed by atoms with van der Waals surface area (Å²) in [6.45, 7) is 0.203. The number of halogens is 1. The number of amides is 1. The van der Waals surface area contributed by atoms with Gasteiger partial charge in [-0.25, -0.2) is 10.4 Å². The molecule has 3 aromatic carbocycles. The molecule has 0 fully saturated rings. The van der Waals surface area contributed by atoms with Crippen LogP contribution in [0, 0.1) is 10.1 Å².